The summed E-state index contributed by atoms with van der Waals surface area (Å²) in [5, 5.41) is 1.14. The number of hydrogen-bond acceptors (Lipinski definition) is 2. The van der Waals surface area contributed by atoms with Gasteiger partial charge in [0, 0.05) is 28.8 Å². The summed E-state index contributed by atoms with van der Waals surface area (Å²) in [5.41, 5.74) is 3.25. The lowest BCUT2D eigenvalue weighted by Crippen LogP contribution is -1.96. The fraction of sp³-hybridized carbons (Fsp3) is 0.154. The Morgan fingerprint density at radius 2 is 2.25 bits per heavy atom. The van der Waals surface area contributed by atoms with Crippen LogP contribution in [0.25, 0.3) is 11.0 Å². The van der Waals surface area contributed by atoms with Gasteiger partial charge in [-0.25, -0.2) is 4.98 Å². The van der Waals surface area contributed by atoms with Gasteiger partial charge in [-0.1, -0.05) is 25.1 Å². The standard InChI is InChI=1S/C13H12N2O/c1-9(12-7-14-8-15-12)11-4-2-3-10-5-6-16-13(10)11/h2-9H,1H3,(H,14,15). The van der Waals surface area contributed by atoms with E-state index in [0.717, 1.165) is 16.7 Å². The molecule has 0 aliphatic heterocycles. The van der Waals surface area contributed by atoms with Gasteiger partial charge < -0.3 is 9.40 Å². The van der Waals surface area contributed by atoms with Crippen LogP contribution in [0.4, 0.5) is 0 Å². The molecular weight excluding hydrogens is 200 g/mol. The van der Waals surface area contributed by atoms with E-state index in [1.165, 1.54) is 5.56 Å². The maximum Gasteiger partial charge on any atom is 0.137 e. The molecule has 1 N–H and O–H groups in total. The van der Waals surface area contributed by atoms with E-state index in [9.17, 15) is 0 Å². The summed E-state index contributed by atoms with van der Waals surface area (Å²) in [4.78, 5) is 7.19. The Kier molecular flexibility index (Phi) is 2.03. The summed E-state index contributed by atoms with van der Waals surface area (Å²) in [6.45, 7) is 2.14. The van der Waals surface area contributed by atoms with Crippen LogP contribution in [-0.4, -0.2) is 9.97 Å². The van der Waals surface area contributed by atoms with Gasteiger partial charge in [-0.15, -0.1) is 0 Å². The number of rotatable bonds is 2. The number of furan rings is 1. The quantitative estimate of drug-likeness (QED) is 0.708. The minimum absolute atomic E-state index is 0.261. The Labute approximate surface area is 93.1 Å². The number of para-hydroxylation sites is 1. The monoisotopic (exact) mass is 212 g/mol. The molecule has 0 saturated heterocycles. The van der Waals surface area contributed by atoms with Crippen LogP contribution < -0.4 is 0 Å². The molecule has 0 aliphatic rings. The molecule has 80 valence electrons. The summed E-state index contributed by atoms with van der Waals surface area (Å²) in [6, 6.07) is 8.19. The Bertz CT molecular complexity index is 595. The zero-order valence-electron chi connectivity index (χ0n) is 8.97. The number of benzene rings is 1. The van der Waals surface area contributed by atoms with E-state index in [1.807, 2.05) is 12.3 Å². The minimum Gasteiger partial charge on any atom is -0.464 e. The smallest absolute Gasteiger partial charge is 0.137 e. The van der Waals surface area contributed by atoms with Crippen molar-refractivity contribution in [2.24, 2.45) is 0 Å². The zero-order valence-corrected chi connectivity index (χ0v) is 8.97. The molecule has 2 heterocycles. The van der Waals surface area contributed by atoms with Gasteiger partial charge in [0.05, 0.1) is 12.6 Å². The van der Waals surface area contributed by atoms with Gasteiger partial charge in [0.25, 0.3) is 0 Å². The van der Waals surface area contributed by atoms with E-state index in [-0.39, 0.29) is 5.92 Å². The average Bonchev–Trinajstić information content (AvgIpc) is 2.98. The second-order valence-electron chi connectivity index (χ2n) is 3.91. The summed E-state index contributed by atoms with van der Waals surface area (Å²) in [6.07, 6.45) is 5.29. The van der Waals surface area contributed by atoms with Crippen molar-refractivity contribution >= 4 is 11.0 Å². The first-order chi connectivity index (χ1) is 7.86. The van der Waals surface area contributed by atoms with Crippen LogP contribution in [0.2, 0.25) is 0 Å². The highest BCUT2D eigenvalue weighted by molar-refractivity contribution is 5.81. The van der Waals surface area contributed by atoms with Crippen LogP contribution >= 0.6 is 0 Å². The fourth-order valence-corrected chi connectivity index (χ4v) is 2.03. The molecular formula is C13H12N2O. The van der Waals surface area contributed by atoms with Crippen LogP contribution in [0.1, 0.15) is 24.1 Å². The second-order valence-corrected chi connectivity index (χ2v) is 3.91. The maximum atomic E-state index is 5.53. The predicted octanol–water partition coefficient (Wildman–Crippen LogP) is 3.31. The van der Waals surface area contributed by atoms with Crippen molar-refractivity contribution in [1.29, 1.82) is 0 Å². The number of aromatic nitrogens is 2. The molecule has 3 rings (SSSR count). The molecule has 0 radical (unpaired) electrons. The van der Waals surface area contributed by atoms with Gasteiger partial charge in [-0.2, -0.15) is 0 Å². The third-order valence-electron chi connectivity index (χ3n) is 2.96. The fourth-order valence-electron chi connectivity index (χ4n) is 2.03. The highest BCUT2D eigenvalue weighted by Crippen LogP contribution is 2.29. The maximum absolute atomic E-state index is 5.53. The Hall–Kier alpha value is -2.03. The second kappa shape index (κ2) is 3.52. The molecule has 1 unspecified atom stereocenters. The lowest BCUT2D eigenvalue weighted by Gasteiger charge is -2.09. The van der Waals surface area contributed by atoms with E-state index >= 15 is 0 Å². The molecule has 0 amide bonds. The van der Waals surface area contributed by atoms with Crippen molar-refractivity contribution in [3.05, 3.63) is 54.3 Å². The van der Waals surface area contributed by atoms with Gasteiger partial charge in [0.15, 0.2) is 0 Å². The summed E-state index contributed by atoms with van der Waals surface area (Å²) >= 11 is 0. The molecule has 1 atom stereocenters. The largest absolute Gasteiger partial charge is 0.464 e. The molecule has 3 nitrogen and oxygen atoms in total. The SMILES string of the molecule is CC(c1cnc[nH]1)c1cccc2ccoc12. The Balaban J connectivity index is 2.15. The molecule has 3 aromatic rings. The average molecular weight is 212 g/mol. The molecule has 0 bridgehead atoms. The molecule has 0 fully saturated rings. The molecule has 0 aliphatic carbocycles. The zero-order chi connectivity index (χ0) is 11.0. The van der Waals surface area contributed by atoms with Gasteiger partial charge >= 0.3 is 0 Å². The van der Waals surface area contributed by atoms with Crippen LogP contribution in [0.15, 0.2) is 47.5 Å². The normalized spacial score (nSPS) is 13.1. The number of nitrogens with zero attached hydrogens (tertiary/aromatic N) is 1. The number of imidazole rings is 1. The topological polar surface area (TPSA) is 41.8 Å². The van der Waals surface area contributed by atoms with Crippen LogP contribution in [0, 0.1) is 0 Å². The first kappa shape index (κ1) is 9.21. The number of hydrogen-bond donors (Lipinski definition) is 1. The molecule has 1 aromatic carbocycles. The number of aromatic amines is 1. The number of fused-ring (bicyclic) bond motifs is 1. The van der Waals surface area contributed by atoms with Crippen molar-refractivity contribution < 1.29 is 4.42 Å². The van der Waals surface area contributed by atoms with Crippen molar-refractivity contribution in [3.63, 3.8) is 0 Å². The van der Waals surface area contributed by atoms with Gasteiger partial charge in [-0.3, -0.25) is 0 Å². The lowest BCUT2D eigenvalue weighted by molar-refractivity contribution is 0.608. The van der Waals surface area contributed by atoms with Crippen molar-refractivity contribution in [3.8, 4) is 0 Å². The molecule has 2 aromatic heterocycles. The van der Waals surface area contributed by atoms with Crippen LogP contribution in [0.5, 0.6) is 0 Å². The summed E-state index contributed by atoms with van der Waals surface area (Å²) in [7, 11) is 0. The number of nitrogens with one attached hydrogen (secondary N) is 1. The van der Waals surface area contributed by atoms with E-state index in [1.54, 1.807) is 12.6 Å². The molecule has 3 heteroatoms. The van der Waals surface area contributed by atoms with Crippen molar-refractivity contribution in [2.45, 2.75) is 12.8 Å². The molecule has 0 saturated carbocycles. The third kappa shape index (κ3) is 1.33. The minimum atomic E-state index is 0.261. The summed E-state index contributed by atoms with van der Waals surface area (Å²) in [5.74, 6) is 0.261. The predicted molar refractivity (Wildman–Crippen MR) is 62.3 cm³/mol. The van der Waals surface area contributed by atoms with Gasteiger partial charge in [-0.05, 0) is 6.07 Å². The van der Waals surface area contributed by atoms with E-state index < -0.39 is 0 Å². The highest BCUT2D eigenvalue weighted by atomic mass is 16.3. The lowest BCUT2D eigenvalue weighted by atomic mass is 9.97. The highest BCUT2D eigenvalue weighted by Gasteiger charge is 2.14. The van der Waals surface area contributed by atoms with E-state index in [2.05, 4.69) is 35.1 Å². The Morgan fingerprint density at radius 1 is 1.31 bits per heavy atom. The Morgan fingerprint density at radius 3 is 3.06 bits per heavy atom. The van der Waals surface area contributed by atoms with Crippen LogP contribution in [-0.2, 0) is 0 Å². The van der Waals surface area contributed by atoms with Gasteiger partial charge in [0.2, 0.25) is 0 Å². The third-order valence-corrected chi connectivity index (χ3v) is 2.96. The van der Waals surface area contributed by atoms with Crippen molar-refractivity contribution in [2.75, 3.05) is 0 Å². The summed E-state index contributed by atoms with van der Waals surface area (Å²) < 4.78 is 5.53. The number of H-pyrrole nitrogens is 1. The van der Waals surface area contributed by atoms with E-state index in [4.69, 9.17) is 4.42 Å². The molecule has 0 spiro atoms. The first-order valence-electron chi connectivity index (χ1n) is 5.30. The van der Waals surface area contributed by atoms with Crippen molar-refractivity contribution in [1.82, 2.24) is 9.97 Å². The van der Waals surface area contributed by atoms with E-state index in [0.29, 0.717) is 0 Å². The first-order valence-corrected chi connectivity index (χ1v) is 5.30. The molecule has 16 heavy (non-hydrogen) atoms. The van der Waals surface area contributed by atoms with Crippen LogP contribution in [0.3, 0.4) is 0 Å². The van der Waals surface area contributed by atoms with Gasteiger partial charge in [0.1, 0.15) is 5.58 Å².